The van der Waals surface area contributed by atoms with Crippen molar-refractivity contribution >= 4 is 5.97 Å². The van der Waals surface area contributed by atoms with Crippen LogP contribution in [0.25, 0.3) is 0 Å². The van der Waals surface area contributed by atoms with Gasteiger partial charge in [0, 0.05) is 0 Å². The summed E-state index contributed by atoms with van der Waals surface area (Å²) in [6, 6.07) is 17.8. The van der Waals surface area contributed by atoms with Crippen LogP contribution >= 0.6 is 0 Å². The number of carboxylic acids is 1. The van der Waals surface area contributed by atoms with Crippen LogP contribution in [0.4, 0.5) is 0 Å². The van der Waals surface area contributed by atoms with Gasteiger partial charge in [-0.2, -0.15) is 0 Å². The first kappa shape index (κ1) is 19.0. The molecule has 0 aliphatic heterocycles. The van der Waals surface area contributed by atoms with Crippen molar-refractivity contribution in [2.45, 2.75) is 52.1 Å². The van der Waals surface area contributed by atoms with Crippen molar-refractivity contribution in [3.63, 3.8) is 0 Å². The highest BCUT2D eigenvalue weighted by Crippen LogP contribution is 2.20. The van der Waals surface area contributed by atoms with Gasteiger partial charge < -0.3 is 9.84 Å². The van der Waals surface area contributed by atoms with Crippen LogP contribution in [0.15, 0.2) is 54.6 Å². The van der Waals surface area contributed by atoms with E-state index in [1.54, 1.807) is 0 Å². The fourth-order valence-electron chi connectivity index (χ4n) is 2.88. The van der Waals surface area contributed by atoms with Gasteiger partial charge in [-0.1, -0.05) is 75.1 Å². The highest BCUT2D eigenvalue weighted by Gasteiger charge is 2.17. The molecule has 0 saturated heterocycles. The first-order chi connectivity index (χ1) is 12.2. The predicted octanol–water partition coefficient (Wildman–Crippen LogP) is 5.48. The standard InChI is InChI=1S/C22H28O3/c1-2-3-4-8-11-20(22(23)24)16-18-12-14-21(15-13-18)25-17-19-9-6-5-7-10-19/h5-7,9-10,12-15,20H,2-4,8,11,16-17H2,1H3,(H,23,24). The molecule has 0 spiro atoms. The van der Waals surface area contributed by atoms with E-state index >= 15 is 0 Å². The Balaban J connectivity index is 1.84. The minimum Gasteiger partial charge on any atom is -0.489 e. The van der Waals surface area contributed by atoms with E-state index in [2.05, 4.69) is 6.92 Å². The lowest BCUT2D eigenvalue weighted by atomic mass is 9.93. The first-order valence-corrected chi connectivity index (χ1v) is 9.17. The second kappa shape index (κ2) is 10.5. The maximum absolute atomic E-state index is 11.5. The van der Waals surface area contributed by atoms with Gasteiger partial charge in [-0.3, -0.25) is 4.79 Å². The van der Waals surface area contributed by atoms with Crippen LogP contribution in [-0.2, 0) is 17.8 Å². The molecule has 0 heterocycles. The lowest BCUT2D eigenvalue weighted by Crippen LogP contribution is -2.16. The van der Waals surface area contributed by atoms with Crippen molar-refractivity contribution in [2.24, 2.45) is 5.92 Å². The molecule has 0 aliphatic carbocycles. The third-order valence-corrected chi connectivity index (χ3v) is 4.41. The van der Waals surface area contributed by atoms with Crippen molar-refractivity contribution in [2.75, 3.05) is 0 Å². The topological polar surface area (TPSA) is 46.5 Å². The van der Waals surface area contributed by atoms with Gasteiger partial charge in [-0.25, -0.2) is 0 Å². The minimum absolute atomic E-state index is 0.298. The largest absolute Gasteiger partial charge is 0.489 e. The Morgan fingerprint density at radius 3 is 2.32 bits per heavy atom. The smallest absolute Gasteiger partial charge is 0.306 e. The Hall–Kier alpha value is -2.29. The van der Waals surface area contributed by atoms with Gasteiger partial charge in [0.2, 0.25) is 0 Å². The molecule has 2 aromatic carbocycles. The Morgan fingerprint density at radius 2 is 1.68 bits per heavy atom. The van der Waals surface area contributed by atoms with Gasteiger partial charge in [0.15, 0.2) is 0 Å². The van der Waals surface area contributed by atoms with Crippen molar-refractivity contribution in [1.82, 2.24) is 0 Å². The van der Waals surface area contributed by atoms with Crippen molar-refractivity contribution in [3.05, 3.63) is 65.7 Å². The van der Waals surface area contributed by atoms with Gasteiger partial charge >= 0.3 is 5.97 Å². The van der Waals surface area contributed by atoms with Crippen LogP contribution in [0.3, 0.4) is 0 Å². The van der Waals surface area contributed by atoms with Gasteiger partial charge in [0.25, 0.3) is 0 Å². The number of rotatable bonds is 11. The number of ether oxygens (including phenoxy) is 1. The third-order valence-electron chi connectivity index (χ3n) is 4.41. The average Bonchev–Trinajstić information content (AvgIpc) is 2.64. The molecule has 3 heteroatoms. The molecule has 0 amide bonds. The van der Waals surface area contributed by atoms with E-state index in [0.717, 1.165) is 36.1 Å². The highest BCUT2D eigenvalue weighted by molar-refractivity contribution is 5.70. The number of carbonyl (C=O) groups is 1. The van der Waals surface area contributed by atoms with Crippen LogP contribution in [0.1, 0.15) is 50.2 Å². The SMILES string of the molecule is CCCCCCC(Cc1ccc(OCc2ccccc2)cc1)C(=O)O. The van der Waals surface area contributed by atoms with E-state index in [0.29, 0.717) is 13.0 Å². The van der Waals surface area contributed by atoms with Gasteiger partial charge in [-0.05, 0) is 36.1 Å². The van der Waals surface area contributed by atoms with Crippen molar-refractivity contribution < 1.29 is 14.6 Å². The molecule has 1 N–H and O–H groups in total. The van der Waals surface area contributed by atoms with E-state index < -0.39 is 5.97 Å². The van der Waals surface area contributed by atoms with Crippen LogP contribution in [0, 0.1) is 5.92 Å². The Bertz CT molecular complexity index is 619. The molecule has 3 nitrogen and oxygen atoms in total. The highest BCUT2D eigenvalue weighted by atomic mass is 16.5. The zero-order valence-corrected chi connectivity index (χ0v) is 15.0. The quantitative estimate of drug-likeness (QED) is 0.551. The van der Waals surface area contributed by atoms with Crippen LogP contribution < -0.4 is 4.74 Å². The summed E-state index contributed by atoms with van der Waals surface area (Å²) in [5.41, 5.74) is 2.18. The molecule has 2 rings (SSSR count). The summed E-state index contributed by atoms with van der Waals surface area (Å²) in [6.45, 7) is 2.70. The molecule has 25 heavy (non-hydrogen) atoms. The molecular weight excluding hydrogens is 312 g/mol. The molecule has 134 valence electrons. The fourth-order valence-corrected chi connectivity index (χ4v) is 2.88. The van der Waals surface area contributed by atoms with Crippen molar-refractivity contribution in [1.29, 1.82) is 0 Å². The number of aliphatic carboxylic acids is 1. The van der Waals surface area contributed by atoms with E-state index in [1.165, 1.54) is 12.8 Å². The summed E-state index contributed by atoms with van der Waals surface area (Å²) in [6.07, 6.45) is 5.79. The van der Waals surface area contributed by atoms with Gasteiger partial charge in [0.05, 0.1) is 5.92 Å². The number of carboxylic acid groups (broad SMARTS) is 1. The zero-order chi connectivity index (χ0) is 17.9. The summed E-state index contributed by atoms with van der Waals surface area (Å²) >= 11 is 0. The second-order valence-corrected chi connectivity index (χ2v) is 6.51. The zero-order valence-electron chi connectivity index (χ0n) is 15.0. The number of benzene rings is 2. The molecule has 0 aliphatic rings. The molecule has 0 fully saturated rings. The molecule has 2 aromatic rings. The summed E-state index contributed by atoms with van der Waals surface area (Å²) in [7, 11) is 0. The predicted molar refractivity (Wildman–Crippen MR) is 101 cm³/mol. The van der Waals surface area contributed by atoms with Gasteiger partial charge in [0.1, 0.15) is 12.4 Å². The Kier molecular flexibility index (Phi) is 8.03. The number of hydrogen-bond donors (Lipinski definition) is 1. The summed E-state index contributed by atoms with van der Waals surface area (Å²) in [5.74, 6) is -0.184. The van der Waals surface area contributed by atoms with Crippen molar-refractivity contribution in [3.8, 4) is 5.75 Å². The lowest BCUT2D eigenvalue weighted by molar-refractivity contribution is -0.142. The fraction of sp³-hybridized carbons (Fsp3) is 0.409. The number of unbranched alkanes of at least 4 members (excludes halogenated alkanes) is 3. The van der Waals surface area contributed by atoms with E-state index in [1.807, 2.05) is 54.6 Å². The molecule has 0 aromatic heterocycles. The number of hydrogen-bond acceptors (Lipinski definition) is 2. The Morgan fingerprint density at radius 1 is 0.960 bits per heavy atom. The molecule has 0 saturated carbocycles. The normalized spacial score (nSPS) is 11.9. The molecule has 1 atom stereocenters. The first-order valence-electron chi connectivity index (χ1n) is 9.17. The summed E-state index contributed by atoms with van der Waals surface area (Å²) < 4.78 is 5.77. The van der Waals surface area contributed by atoms with E-state index in [9.17, 15) is 9.90 Å². The summed E-state index contributed by atoms with van der Waals surface area (Å²) in [4.78, 5) is 11.5. The maximum Gasteiger partial charge on any atom is 0.306 e. The summed E-state index contributed by atoms with van der Waals surface area (Å²) in [5, 5.41) is 9.43. The van der Waals surface area contributed by atoms with Crippen LogP contribution in [0.2, 0.25) is 0 Å². The second-order valence-electron chi connectivity index (χ2n) is 6.51. The van der Waals surface area contributed by atoms with Crippen LogP contribution in [-0.4, -0.2) is 11.1 Å². The molecule has 0 radical (unpaired) electrons. The third kappa shape index (κ3) is 7.00. The maximum atomic E-state index is 11.5. The lowest BCUT2D eigenvalue weighted by Gasteiger charge is -2.13. The van der Waals surface area contributed by atoms with Crippen LogP contribution in [0.5, 0.6) is 5.75 Å². The van der Waals surface area contributed by atoms with E-state index in [-0.39, 0.29) is 5.92 Å². The Labute approximate surface area is 150 Å². The average molecular weight is 340 g/mol. The molecule has 0 bridgehead atoms. The van der Waals surface area contributed by atoms with Gasteiger partial charge in [-0.15, -0.1) is 0 Å². The minimum atomic E-state index is -0.694. The molecular formula is C22H28O3. The van der Waals surface area contributed by atoms with E-state index in [4.69, 9.17) is 4.74 Å². The monoisotopic (exact) mass is 340 g/mol. The molecule has 1 unspecified atom stereocenters.